The Morgan fingerprint density at radius 3 is 2.22 bits per heavy atom. The minimum absolute atomic E-state index is 0.0897. The number of rotatable bonds is 6. The molecule has 0 spiro atoms. The second-order valence-electron chi connectivity index (χ2n) is 10.5. The van der Waals surface area contributed by atoms with Crippen molar-refractivity contribution in [3.63, 3.8) is 0 Å². The molecule has 7 aliphatic carbocycles. The Bertz CT molecular complexity index is 686. The molecule has 0 N–H and O–H groups in total. The molecule has 2 heteroatoms. The summed E-state index contributed by atoms with van der Waals surface area (Å²) in [5, 5.41) is 0. The molecule has 0 radical (unpaired) electrons. The number of ether oxygens (including phenoxy) is 2. The monoisotopic (exact) mass is 366 g/mol. The highest BCUT2D eigenvalue weighted by atomic mass is 16.7. The van der Waals surface area contributed by atoms with E-state index in [1.807, 2.05) is 7.11 Å². The van der Waals surface area contributed by atoms with E-state index in [4.69, 9.17) is 9.47 Å². The van der Waals surface area contributed by atoms with Crippen molar-refractivity contribution in [3.8, 4) is 5.75 Å². The van der Waals surface area contributed by atoms with E-state index < -0.39 is 0 Å². The minimum Gasteiger partial charge on any atom is -0.465 e. The lowest BCUT2D eigenvalue weighted by atomic mass is 9.30. The van der Waals surface area contributed by atoms with Gasteiger partial charge < -0.3 is 9.47 Å². The Labute approximate surface area is 164 Å². The fourth-order valence-corrected chi connectivity index (χ4v) is 8.98. The first-order valence-electron chi connectivity index (χ1n) is 11.5. The molecule has 1 aromatic rings. The Kier molecular flexibility index (Phi) is 3.75. The SMILES string of the molecule is CCc1ccc(OC(CC23CC4CC5C6CC(CC52)CC3C6C4)OC)cc1. The van der Waals surface area contributed by atoms with E-state index in [-0.39, 0.29) is 6.29 Å². The predicted octanol–water partition coefficient (Wildman–Crippen LogP) is 5.70. The molecule has 146 valence electrons. The first-order valence-corrected chi connectivity index (χ1v) is 11.5. The molecule has 8 bridgehead atoms. The summed E-state index contributed by atoms with van der Waals surface area (Å²) in [6.07, 6.45) is 11.3. The molecule has 7 fully saturated rings. The van der Waals surface area contributed by atoms with Crippen molar-refractivity contribution >= 4 is 0 Å². The summed E-state index contributed by atoms with van der Waals surface area (Å²) in [5.41, 5.74) is 1.89. The van der Waals surface area contributed by atoms with Crippen LogP contribution >= 0.6 is 0 Å². The van der Waals surface area contributed by atoms with Crippen LogP contribution in [-0.4, -0.2) is 13.4 Å². The van der Waals surface area contributed by atoms with Crippen LogP contribution in [0.25, 0.3) is 0 Å². The van der Waals surface area contributed by atoms with Crippen LogP contribution in [0.4, 0.5) is 0 Å². The highest BCUT2D eigenvalue weighted by Gasteiger charge is 2.70. The van der Waals surface area contributed by atoms with Gasteiger partial charge in [0.15, 0.2) is 6.29 Å². The van der Waals surface area contributed by atoms with E-state index >= 15 is 0 Å². The number of benzene rings is 1. The summed E-state index contributed by atoms with van der Waals surface area (Å²) in [5.74, 6) is 8.11. The molecule has 0 heterocycles. The largest absolute Gasteiger partial charge is 0.465 e. The summed E-state index contributed by atoms with van der Waals surface area (Å²) in [6, 6.07) is 8.63. The highest BCUT2D eigenvalue weighted by molar-refractivity contribution is 5.27. The maximum absolute atomic E-state index is 6.38. The lowest BCUT2D eigenvalue weighted by molar-refractivity contribution is -0.272. The number of aryl methyl sites for hydroxylation is 1. The molecule has 8 rings (SSSR count). The first kappa shape index (κ1) is 16.9. The van der Waals surface area contributed by atoms with Crippen molar-refractivity contribution in [2.75, 3.05) is 7.11 Å². The van der Waals surface area contributed by atoms with Gasteiger partial charge in [0.2, 0.25) is 0 Å². The van der Waals surface area contributed by atoms with Gasteiger partial charge in [-0.05, 0) is 109 Å². The second kappa shape index (κ2) is 5.99. The lowest BCUT2D eigenvalue weighted by Gasteiger charge is -2.75. The molecular formula is C25H34O2. The molecule has 5 unspecified atom stereocenters. The van der Waals surface area contributed by atoms with Gasteiger partial charge in [-0.1, -0.05) is 19.1 Å². The molecule has 2 nitrogen and oxygen atoms in total. The standard InChI is InChI=1S/C25H34O2/c1-3-15-4-6-18(7-5-15)27-24(26-2)14-25-13-17-9-20-19-8-16(11-22(20)25)12-23(25)21(19)10-17/h4-7,16-17,19-24H,3,8-14H2,1-2H3. The van der Waals surface area contributed by atoms with E-state index in [1.54, 1.807) is 19.3 Å². The van der Waals surface area contributed by atoms with Gasteiger partial charge in [-0.3, -0.25) is 0 Å². The smallest absolute Gasteiger partial charge is 0.200 e. The maximum Gasteiger partial charge on any atom is 0.200 e. The molecular weight excluding hydrogens is 332 g/mol. The van der Waals surface area contributed by atoms with Crippen molar-refractivity contribution in [2.24, 2.45) is 46.8 Å². The average molecular weight is 367 g/mol. The Morgan fingerprint density at radius 1 is 0.926 bits per heavy atom. The van der Waals surface area contributed by atoms with Crippen LogP contribution in [0, 0.1) is 46.8 Å². The number of hydrogen-bond acceptors (Lipinski definition) is 2. The summed E-state index contributed by atoms with van der Waals surface area (Å²) in [6.45, 7) is 2.20. The van der Waals surface area contributed by atoms with Gasteiger partial charge in [-0.25, -0.2) is 0 Å². The van der Waals surface area contributed by atoms with E-state index in [0.29, 0.717) is 5.41 Å². The van der Waals surface area contributed by atoms with Crippen LogP contribution in [0.2, 0.25) is 0 Å². The summed E-state index contributed by atoms with van der Waals surface area (Å²) >= 11 is 0. The summed E-state index contributed by atoms with van der Waals surface area (Å²) < 4.78 is 12.3. The third-order valence-electron chi connectivity index (χ3n) is 9.68. The maximum atomic E-state index is 6.38. The first-order chi connectivity index (χ1) is 13.2. The van der Waals surface area contributed by atoms with Gasteiger partial charge in [0.25, 0.3) is 0 Å². The van der Waals surface area contributed by atoms with Gasteiger partial charge in [0, 0.05) is 13.5 Å². The molecule has 7 aliphatic rings. The van der Waals surface area contributed by atoms with Crippen molar-refractivity contribution in [3.05, 3.63) is 29.8 Å². The molecule has 1 aromatic carbocycles. The van der Waals surface area contributed by atoms with Crippen LogP contribution in [0.3, 0.4) is 0 Å². The fraction of sp³-hybridized carbons (Fsp3) is 0.760. The van der Waals surface area contributed by atoms with Crippen LogP contribution in [0.1, 0.15) is 57.4 Å². The van der Waals surface area contributed by atoms with Crippen LogP contribution < -0.4 is 4.74 Å². The van der Waals surface area contributed by atoms with E-state index in [2.05, 4.69) is 31.2 Å². The minimum atomic E-state index is -0.0897. The van der Waals surface area contributed by atoms with Gasteiger partial charge in [0.1, 0.15) is 5.75 Å². The number of methoxy groups -OCH3 is 1. The van der Waals surface area contributed by atoms with Crippen molar-refractivity contribution in [1.29, 1.82) is 0 Å². The molecule has 27 heavy (non-hydrogen) atoms. The zero-order chi connectivity index (χ0) is 18.2. The van der Waals surface area contributed by atoms with Gasteiger partial charge in [0.05, 0.1) is 0 Å². The van der Waals surface area contributed by atoms with Crippen molar-refractivity contribution in [2.45, 2.75) is 64.6 Å². The van der Waals surface area contributed by atoms with Crippen molar-refractivity contribution in [1.82, 2.24) is 0 Å². The zero-order valence-corrected chi connectivity index (χ0v) is 16.9. The highest BCUT2D eigenvalue weighted by Crippen LogP contribution is 2.77. The van der Waals surface area contributed by atoms with Gasteiger partial charge in [-0.15, -0.1) is 0 Å². The Balaban J connectivity index is 1.27. The molecule has 7 saturated carbocycles. The molecule has 0 amide bonds. The van der Waals surface area contributed by atoms with Crippen LogP contribution in [0.5, 0.6) is 5.75 Å². The molecule has 5 atom stereocenters. The molecule has 0 aromatic heterocycles. The van der Waals surface area contributed by atoms with Crippen molar-refractivity contribution < 1.29 is 9.47 Å². The topological polar surface area (TPSA) is 18.5 Å². The van der Waals surface area contributed by atoms with Gasteiger partial charge >= 0.3 is 0 Å². The predicted molar refractivity (Wildman–Crippen MR) is 106 cm³/mol. The van der Waals surface area contributed by atoms with Gasteiger partial charge in [-0.2, -0.15) is 0 Å². The second-order valence-corrected chi connectivity index (χ2v) is 10.5. The van der Waals surface area contributed by atoms with E-state index in [1.165, 1.54) is 24.8 Å². The third kappa shape index (κ3) is 2.35. The normalized spacial score (nSPS) is 46.8. The fourth-order valence-electron chi connectivity index (χ4n) is 8.98. The van der Waals surface area contributed by atoms with E-state index in [0.717, 1.165) is 60.0 Å². The Morgan fingerprint density at radius 2 is 1.59 bits per heavy atom. The quantitative estimate of drug-likeness (QED) is 0.601. The molecule has 0 aliphatic heterocycles. The molecule has 0 saturated heterocycles. The number of hydrogen-bond donors (Lipinski definition) is 0. The summed E-state index contributed by atoms with van der Waals surface area (Å²) in [4.78, 5) is 0. The average Bonchev–Trinajstić information content (AvgIpc) is 2.71. The lowest BCUT2D eigenvalue weighted by Crippen LogP contribution is -2.68. The van der Waals surface area contributed by atoms with Crippen LogP contribution in [0.15, 0.2) is 24.3 Å². The Hall–Kier alpha value is -1.02. The zero-order valence-electron chi connectivity index (χ0n) is 16.9. The summed E-state index contributed by atoms with van der Waals surface area (Å²) in [7, 11) is 1.85. The third-order valence-corrected chi connectivity index (χ3v) is 9.68. The van der Waals surface area contributed by atoms with E-state index in [9.17, 15) is 0 Å². The van der Waals surface area contributed by atoms with Crippen LogP contribution in [-0.2, 0) is 11.2 Å².